The zero-order valence-corrected chi connectivity index (χ0v) is 30.8. The van der Waals surface area contributed by atoms with E-state index in [1.54, 1.807) is 0 Å². The van der Waals surface area contributed by atoms with Crippen LogP contribution in [0.5, 0.6) is 0 Å². The number of allylic oxidation sites excluding steroid dienone is 4. The molecule has 0 spiro atoms. The van der Waals surface area contributed by atoms with Gasteiger partial charge in [-0.1, -0.05) is 140 Å². The number of aromatic nitrogens is 3. The molecule has 0 radical (unpaired) electrons. The quantitative estimate of drug-likeness (QED) is 0.162. The number of hydrogen-bond donors (Lipinski definition) is 0. The molecule has 0 fully saturated rings. The van der Waals surface area contributed by atoms with Crippen LogP contribution in [0.2, 0.25) is 0 Å². The van der Waals surface area contributed by atoms with E-state index in [4.69, 9.17) is 23.8 Å². The van der Waals surface area contributed by atoms with Gasteiger partial charge in [-0.15, -0.1) is 0 Å². The summed E-state index contributed by atoms with van der Waals surface area (Å²) in [4.78, 5) is 17.3. The van der Waals surface area contributed by atoms with E-state index in [9.17, 15) is 0 Å². The Kier molecular flexibility index (Phi) is 7.84. The summed E-state index contributed by atoms with van der Waals surface area (Å²) in [5.74, 6) is 2.08. The number of furan rings is 2. The molecule has 3 aromatic heterocycles. The van der Waals surface area contributed by atoms with Crippen molar-refractivity contribution in [3.63, 3.8) is 0 Å². The van der Waals surface area contributed by atoms with Crippen LogP contribution in [-0.2, 0) is 0 Å². The first-order valence-electron chi connectivity index (χ1n) is 19.2. The minimum atomic E-state index is 0.0700. The summed E-state index contributed by atoms with van der Waals surface area (Å²) in [6.07, 6.45) is 9.29. The normalized spacial score (nSPS) is 13.9. The van der Waals surface area contributed by atoms with E-state index in [1.807, 2.05) is 54.6 Å². The van der Waals surface area contributed by atoms with Crippen LogP contribution in [0.25, 0.3) is 77.8 Å². The van der Waals surface area contributed by atoms with Crippen molar-refractivity contribution in [1.29, 1.82) is 0 Å². The smallest absolute Gasteiger partial charge is 0.163 e. The highest BCUT2D eigenvalue weighted by molar-refractivity contribution is 6.16. The lowest BCUT2D eigenvalue weighted by atomic mass is 10.00. The minimum absolute atomic E-state index is 0.0700. The average Bonchev–Trinajstić information content (AvgIpc) is 3.87. The monoisotopic (exact) mass is 734 g/mol. The van der Waals surface area contributed by atoms with Crippen LogP contribution < -0.4 is 4.90 Å². The van der Waals surface area contributed by atoms with Gasteiger partial charge in [0.05, 0.1) is 16.8 Å². The first-order chi connectivity index (χ1) is 28.2. The molecular formula is C51H34N4O2. The molecule has 10 aromatic rings. The van der Waals surface area contributed by atoms with E-state index in [1.165, 1.54) is 5.56 Å². The molecule has 6 heteroatoms. The Balaban J connectivity index is 1.09. The van der Waals surface area contributed by atoms with Crippen LogP contribution in [0.15, 0.2) is 197 Å². The minimum Gasteiger partial charge on any atom is -0.456 e. The van der Waals surface area contributed by atoms with E-state index >= 15 is 0 Å². The summed E-state index contributed by atoms with van der Waals surface area (Å²) in [7, 11) is 0. The van der Waals surface area contributed by atoms with Crippen LogP contribution in [0.1, 0.15) is 18.2 Å². The van der Waals surface area contributed by atoms with Crippen molar-refractivity contribution < 1.29 is 8.83 Å². The van der Waals surface area contributed by atoms with E-state index in [0.29, 0.717) is 11.6 Å². The molecule has 270 valence electrons. The van der Waals surface area contributed by atoms with Gasteiger partial charge in [0.1, 0.15) is 22.6 Å². The maximum Gasteiger partial charge on any atom is 0.163 e. The number of para-hydroxylation sites is 2. The Labute approximate surface area is 328 Å². The molecule has 7 aromatic carbocycles. The summed E-state index contributed by atoms with van der Waals surface area (Å²) >= 11 is 0. The fourth-order valence-corrected chi connectivity index (χ4v) is 8.06. The highest BCUT2D eigenvalue weighted by Gasteiger charge is 2.24. The second-order valence-corrected chi connectivity index (χ2v) is 14.3. The van der Waals surface area contributed by atoms with Gasteiger partial charge in [0.15, 0.2) is 17.2 Å². The third-order valence-electron chi connectivity index (χ3n) is 10.8. The molecule has 1 atom stereocenters. The van der Waals surface area contributed by atoms with Crippen molar-refractivity contribution >= 4 is 60.9 Å². The van der Waals surface area contributed by atoms with Crippen molar-refractivity contribution in [3.05, 3.63) is 194 Å². The molecule has 3 heterocycles. The Morgan fingerprint density at radius 2 is 1.14 bits per heavy atom. The van der Waals surface area contributed by atoms with Crippen molar-refractivity contribution in [2.24, 2.45) is 0 Å². The highest BCUT2D eigenvalue weighted by atomic mass is 16.3. The Hall–Kier alpha value is -7.57. The summed E-state index contributed by atoms with van der Waals surface area (Å²) in [5, 5.41) is 4.14. The third-order valence-corrected chi connectivity index (χ3v) is 10.8. The van der Waals surface area contributed by atoms with E-state index < -0.39 is 0 Å². The van der Waals surface area contributed by atoms with Crippen LogP contribution in [0.4, 0.5) is 17.1 Å². The average molecular weight is 735 g/mol. The maximum atomic E-state index is 6.71. The van der Waals surface area contributed by atoms with Crippen LogP contribution in [-0.4, -0.2) is 15.0 Å². The van der Waals surface area contributed by atoms with Crippen molar-refractivity contribution in [2.45, 2.75) is 12.3 Å². The molecule has 0 saturated carbocycles. The van der Waals surface area contributed by atoms with Gasteiger partial charge in [0, 0.05) is 38.9 Å². The van der Waals surface area contributed by atoms with Crippen LogP contribution in [0, 0.1) is 0 Å². The molecule has 0 bridgehead atoms. The molecule has 1 aliphatic carbocycles. The van der Waals surface area contributed by atoms with Gasteiger partial charge in [-0.3, -0.25) is 0 Å². The molecule has 1 aliphatic rings. The molecule has 0 N–H and O–H groups in total. The Morgan fingerprint density at radius 1 is 0.474 bits per heavy atom. The summed E-state index contributed by atoms with van der Waals surface area (Å²) in [6, 6.07) is 56.4. The molecular weight excluding hydrogens is 701 g/mol. The number of hydrogen-bond acceptors (Lipinski definition) is 6. The zero-order chi connectivity index (χ0) is 37.7. The zero-order valence-electron chi connectivity index (χ0n) is 30.8. The lowest BCUT2D eigenvalue weighted by Gasteiger charge is -2.26. The van der Waals surface area contributed by atoms with E-state index in [-0.39, 0.29) is 5.92 Å². The lowest BCUT2D eigenvalue weighted by Crippen LogP contribution is -2.10. The van der Waals surface area contributed by atoms with E-state index in [0.717, 1.165) is 89.9 Å². The van der Waals surface area contributed by atoms with Crippen molar-refractivity contribution in [1.82, 2.24) is 15.0 Å². The third kappa shape index (κ3) is 5.78. The topological polar surface area (TPSA) is 68.2 Å². The van der Waals surface area contributed by atoms with Gasteiger partial charge in [-0.2, -0.15) is 0 Å². The summed E-state index contributed by atoms with van der Waals surface area (Å²) < 4.78 is 13.4. The molecule has 11 rings (SSSR count). The predicted octanol–water partition coefficient (Wildman–Crippen LogP) is 13.7. The lowest BCUT2D eigenvalue weighted by molar-refractivity contribution is 0.668. The Bertz CT molecular complexity index is 3160. The number of fused-ring (bicyclic) bond motifs is 6. The first-order valence-corrected chi connectivity index (χ1v) is 19.2. The molecule has 6 nitrogen and oxygen atoms in total. The van der Waals surface area contributed by atoms with Gasteiger partial charge < -0.3 is 13.7 Å². The molecule has 1 unspecified atom stereocenters. The molecule has 0 saturated heterocycles. The molecule has 0 aliphatic heterocycles. The summed E-state index contributed by atoms with van der Waals surface area (Å²) in [5.41, 5.74) is 10.2. The van der Waals surface area contributed by atoms with Gasteiger partial charge in [0.2, 0.25) is 0 Å². The fourth-order valence-electron chi connectivity index (χ4n) is 8.06. The standard InChI is InChI=1S/C51H34N4O2/c1-4-14-33(15-5-1)34-26-29-38(30-27-34)55(43-23-12-21-40-39-20-10-11-24-44(39)57-48(40)43)42-22-13-25-45-47(42)41-31-28-37(32-46(41)56-45)51-53-49(35-16-6-2-7-17-35)52-50(54-51)36-18-8-3-9-19-36/h1-18,20-32,36H,19H2. The van der Waals surface area contributed by atoms with Gasteiger partial charge in [-0.05, 0) is 66.1 Å². The van der Waals surface area contributed by atoms with Gasteiger partial charge in [-0.25, -0.2) is 15.0 Å². The molecule has 0 amide bonds. The number of nitrogens with zero attached hydrogens (tertiary/aromatic N) is 4. The number of rotatable bonds is 7. The van der Waals surface area contributed by atoms with E-state index in [2.05, 4.69) is 138 Å². The summed E-state index contributed by atoms with van der Waals surface area (Å²) in [6.45, 7) is 0. The number of benzene rings is 7. The first kappa shape index (κ1) is 32.8. The van der Waals surface area contributed by atoms with Gasteiger partial charge in [0.25, 0.3) is 0 Å². The Morgan fingerprint density at radius 3 is 1.95 bits per heavy atom. The maximum absolute atomic E-state index is 6.71. The second-order valence-electron chi connectivity index (χ2n) is 14.3. The second kappa shape index (κ2) is 13.6. The SMILES string of the molecule is C1=CCC(c2nc(-c3ccccc3)nc(-c3ccc4c(c3)oc3cccc(N(c5ccc(-c6ccccc6)cc5)c5cccc6c5oc5ccccc56)c34)n2)C=C1. The largest absolute Gasteiger partial charge is 0.456 e. The number of anilines is 3. The van der Waals surface area contributed by atoms with Gasteiger partial charge >= 0.3 is 0 Å². The highest BCUT2D eigenvalue weighted by Crippen LogP contribution is 2.47. The predicted molar refractivity (Wildman–Crippen MR) is 231 cm³/mol. The van der Waals surface area contributed by atoms with Crippen molar-refractivity contribution in [2.75, 3.05) is 4.90 Å². The van der Waals surface area contributed by atoms with Crippen molar-refractivity contribution in [3.8, 4) is 33.9 Å². The molecule has 57 heavy (non-hydrogen) atoms. The van der Waals surface area contributed by atoms with Crippen LogP contribution >= 0.6 is 0 Å². The van der Waals surface area contributed by atoms with Crippen LogP contribution in [0.3, 0.4) is 0 Å². The fraction of sp³-hybridized carbons (Fsp3) is 0.0392.